The molecule has 1 aliphatic heterocycles. The first-order valence-electron chi connectivity index (χ1n) is 10.1. The number of nitrogens with zero attached hydrogens (tertiary/aromatic N) is 1. The van der Waals surface area contributed by atoms with Crippen LogP contribution < -0.4 is 14.8 Å². The van der Waals surface area contributed by atoms with Crippen LogP contribution in [0.1, 0.15) is 43.0 Å². The third kappa shape index (κ3) is 5.28. The van der Waals surface area contributed by atoms with Crippen molar-refractivity contribution in [1.82, 2.24) is 4.90 Å². The normalized spacial score (nSPS) is 14.8. The van der Waals surface area contributed by atoms with Gasteiger partial charge >= 0.3 is 0 Å². The Hall–Kier alpha value is -3.02. The van der Waals surface area contributed by atoms with Crippen molar-refractivity contribution in [1.29, 1.82) is 0 Å². The second kappa shape index (κ2) is 9.96. The molecule has 0 aromatic heterocycles. The molecular formula is C23H28N2O4. The number of benzene rings is 2. The van der Waals surface area contributed by atoms with Crippen LogP contribution in [0.3, 0.4) is 0 Å². The van der Waals surface area contributed by atoms with E-state index in [0.717, 1.165) is 38.1 Å². The second-order valence-corrected chi connectivity index (χ2v) is 7.08. The third-order valence-electron chi connectivity index (χ3n) is 5.06. The molecule has 2 amide bonds. The summed E-state index contributed by atoms with van der Waals surface area (Å²) >= 11 is 0. The molecule has 0 spiro atoms. The molecule has 1 saturated heterocycles. The predicted molar refractivity (Wildman–Crippen MR) is 113 cm³/mol. The van der Waals surface area contributed by atoms with Gasteiger partial charge in [-0.2, -0.15) is 0 Å². The largest absolute Gasteiger partial charge is 0.497 e. The quantitative estimate of drug-likeness (QED) is 0.765. The molecule has 154 valence electrons. The molecule has 1 fully saturated rings. The number of anilines is 1. The monoisotopic (exact) mass is 396 g/mol. The molecule has 29 heavy (non-hydrogen) atoms. The van der Waals surface area contributed by atoms with Crippen LogP contribution in [0.25, 0.3) is 0 Å². The highest BCUT2D eigenvalue weighted by atomic mass is 16.5. The zero-order valence-corrected chi connectivity index (χ0v) is 17.0. The van der Waals surface area contributed by atoms with Crippen molar-refractivity contribution < 1.29 is 19.1 Å². The van der Waals surface area contributed by atoms with Gasteiger partial charge in [0.1, 0.15) is 11.5 Å². The number of carbonyl (C=O) groups is 2. The van der Waals surface area contributed by atoms with Gasteiger partial charge in [-0.1, -0.05) is 19.1 Å². The standard InChI is InChI=1S/C23H28N2O4/c1-3-21(29-18-13-11-17(28-2)12-14-18)22(26)24-20-10-6-5-9-19(20)23(27)25-15-7-4-8-16-25/h5-6,9-14,21H,3-4,7-8,15-16H2,1-2H3,(H,24,26)/t21-/m1/s1. The number of amides is 2. The summed E-state index contributed by atoms with van der Waals surface area (Å²) in [5.41, 5.74) is 1.03. The lowest BCUT2D eigenvalue weighted by Gasteiger charge is -2.27. The first kappa shape index (κ1) is 20.7. The van der Waals surface area contributed by atoms with Crippen molar-refractivity contribution in [3.8, 4) is 11.5 Å². The number of hydrogen-bond donors (Lipinski definition) is 1. The molecule has 1 atom stereocenters. The van der Waals surface area contributed by atoms with Gasteiger partial charge in [0, 0.05) is 13.1 Å². The number of carbonyl (C=O) groups excluding carboxylic acids is 2. The first-order chi connectivity index (χ1) is 14.1. The van der Waals surface area contributed by atoms with E-state index in [1.54, 1.807) is 43.5 Å². The fourth-order valence-electron chi connectivity index (χ4n) is 3.40. The zero-order valence-electron chi connectivity index (χ0n) is 17.0. The molecule has 0 bridgehead atoms. The summed E-state index contributed by atoms with van der Waals surface area (Å²) in [6.45, 7) is 3.41. The first-order valence-corrected chi connectivity index (χ1v) is 10.1. The van der Waals surface area contributed by atoms with Crippen molar-refractivity contribution in [2.75, 3.05) is 25.5 Å². The Morgan fingerprint density at radius 1 is 1.00 bits per heavy atom. The van der Waals surface area contributed by atoms with Gasteiger partial charge in [-0.3, -0.25) is 9.59 Å². The maximum Gasteiger partial charge on any atom is 0.265 e. The summed E-state index contributed by atoms with van der Waals surface area (Å²) in [5, 5.41) is 2.89. The molecule has 1 heterocycles. The summed E-state index contributed by atoms with van der Waals surface area (Å²) in [5.74, 6) is 0.998. The van der Waals surface area contributed by atoms with Crippen molar-refractivity contribution in [3.05, 3.63) is 54.1 Å². The lowest BCUT2D eigenvalue weighted by Crippen LogP contribution is -2.37. The summed E-state index contributed by atoms with van der Waals surface area (Å²) in [6.07, 6.45) is 3.03. The molecule has 6 heteroatoms. The number of nitrogens with one attached hydrogen (secondary N) is 1. The van der Waals surface area contributed by atoms with Gasteiger partial charge in [0.15, 0.2) is 6.10 Å². The Labute approximate surface area is 171 Å². The molecule has 1 N–H and O–H groups in total. The van der Waals surface area contributed by atoms with Crippen molar-refractivity contribution in [3.63, 3.8) is 0 Å². The van der Waals surface area contributed by atoms with Crippen molar-refractivity contribution in [2.45, 2.75) is 38.7 Å². The highest BCUT2D eigenvalue weighted by molar-refractivity contribution is 6.04. The van der Waals surface area contributed by atoms with E-state index >= 15 is 0 Å². The van der Waals surface area contributed by atoms with Gasteiger partial charge in [0.05, 0.1) is 18.4 Å². The van der Waals surface area contributed by atoms with Gasteiger partial charge in [-0.15, -0.1) is 0 Å². The number of para-hydroxylation sites is 1. The number of ether oxygens (including phenoxy) is 2. The van der Waals surface area contributed by atoms with E-state index in [1.807, 2.05) is 24.0 Å². The molecule has 0 unspecified atom stereocenters. The Morgan fingerprint density at radius 2 is 1.66 bits per heavy atom. The number of rotatable bonds is 7. The second-order valence-electron chi connectivity index (χ2n) is 7.08. The fraction of sp³-hybridized carbons (Fsp3) is 0.391. The Balaban J connectivity index is 1.70. The van der Waals surface area contributed by atoms with E-state index in [4.69, 9.17) is 9.47 Å². The zero-order chi connectivity index (χ0) is 20.6. The Bertz CT molecular complexity index is 829. The Morgan fingerprint density at radius 3 is 2.31 bits per heavy atom. The van der Waals surface area contributed by atoms with Crippen LogP contribution >= 0.6 is 0 Å². The van der Waals surface area contributed by atoms with Gasteiger partial charge in [0.25, 0.3) is 11.8 Å². The lowest BCUT2D eigenvalue weighted by molar-refractivity contribution is -0.122. The average Bonchev–Trinajstić information content (AvgIpc) is 2.78. The Kier molecular flexibility index (Phi) is 7.11. The minimum Gasteiger partial charge on any atom is -0.497 e. The van der Waals surface area contributed by atoms with E-state index in [2.05, 4.69) is 5.32 Å². The SMILES string of the molecule is CC[C@@H](Oc1ccc(OC)cc1)C(=O)Nc1ccccc1C(=O)N1CCCCC1. The molecule has 1 aliphatic rings. The third-order valence-corrected chi connectivity index (χ3v) is 5.06. The van der Waals surface area contributed by atoms with Gasteiger partial charge in [-0.05, 0) is 62.1 Å². The minimum atomic E-state index is -0.665. The topological polar surface area (TPSA) is 67.9 Å². The van der Waals surface area contributed by atoms with Crippen LogP contribution in [0.15, 0.2) is 48.5 Å². The van der Waals surface area contributed by atoms with Crippen LogP contribution in [-0.2, 0) is 4.79 Å². The van der Waals surface area contributed by atoms with Gasteiger partial charge in [-0.25, -0.2) is 0 Å². The van der Waals surface area contributed by atoms with E-state index in [-0.39, 0.29) is 11.8 Å². The number of likely N-dealkylation sites (tertiary alicyclic amines) is 1. The summed E-state index contributed by atoms with van der Waals surface area (Å²) in [6, 6.07) is 14.3. The highest BCUT2D eigenvalue weighted by Gasteiger charge is 2.24. The molecule has 0 radical (unpaired) electrons. The molecule has 2 aromatic rings. The van der Waals surface area contributed by atoms with E-state index in [1.165, 1.54) is 0 Å². The van der Waals surface area contributed by atoms with Crippen LogP contribution in [-0.4, -0.2) is 43.0 Å². The fourth-order valence-corrected chi connectivity index (χ4v) is 3.40. The molecule has 0 aliphatic carbocycles. The van der Waals surface area contributed by atoms with Crippen LogP contribution in [0.2, 0.25) is 0 Å². The van der Waals surface area contributed by atoms with Crippen LogP contribution in [0.4, 0.5) is 5.69 Å². The molecule has 3 rings (SSSR count). The van der Waals surface area contributed by atoms with Crippen LogP contribution in [0.5, 0.6) is 11.5 Å². The molecular weight excluding hydrogens is 368 g/mol. The van der Waals surface area contributed by atoms with E-state index in [9.17, 15) is 9.59 Å². The highest BCUT2D eigenvalue weighted by Crippen LogP contribution is 2.22. The van der Waals surface area contributed by atoms with Gasteiger partial charge < -0.3 is 19.7 Å². The summed E-state index contributed by atoms with van der Waals surface area (Å²) in [4.78, 5) is 27.6. The average molecular weight is 396 g/mol. The molecule has 2 aromatic carbocycles. The number of hydrogen-bond acceptors (Lipinski definition) is 4. The summed E-state index contributed by atoms with van der Waals surface area (Å²) in [7, 11) is 1.60. The van der Waals surface area contributed by atoms with Crippen molar-refractivity contribution >= 4 is 17.5 Å². The minimum absolute atomic E-state index is 0.0373. The predicted octanol–water partition coefficient (Wildman–Crippen LogP) is 4.12. The molecule has 6 nitrogen and oxygen atoms in total. The number of methoxy groups -OCH3 is 1. The van der Waals surface area contributed by atoms with Crippen LogP contribution in [0, 0.1) is 0 Å². The number of piperidine rings is 1. The van der Waals surface area contributed by atoms with E-state index < -0.39 is 6.10 Å². The summed E-state index contributed by atoms with van der Waals surface area (Å²) < 4.78 is 11.0. The van der Waals surface area contributed by atoms with E-state index in [0.29, 0.717) is 23.4 Å². The van der Waals surface area contributed by atoms with Crippen molar-refractivity contribution in [2.24, 2.45) is 0 Å². The van der Waals surface area contributed by atoms with Gasteiger partial charge in [0.2, 0.25) is 0 Å². The molecule has 0 saturated carbocycles. The maximum absolute atomic E-state index is 12.9. The lowest BCUT2D eigenvalue weighted by atomic mass is 10.1. The smallest absolute Gasteiger partial charge is 0.265 e. The maximum atomic E-state index is 12.9.